The Morgan fingerprint density at radius 1 is 1.29 bits per heavy atom. The quantitative estimate of drug-likeness (QED) is 0.626. The second-order valence-electron chi connectivity index (χ2n) is 4.78. The molecule has 0 atom stereocenters. The summed E-state index contributed by atoms with van der Waals surface area (Å²) in [5, 5.41) is 0. The third-order valence-electron chi connectivity index (χ3n) is 3.20. The van der Waals surface area contributed by atoms with Crippen molar-refractivity contribution in [3.63, 3.8) is 0 Å². The Hall–Kier alpha value is -1.34. The largest absolute Gasteiger partial charge is 0.416 e. The third-order valence-corrected chi connectivity index (χ3v) is 3.53. The number of nitrogens with zero attached hydrogens (tertiary/aromatic N) is 1. The van der Waals surface area contributed by atoms with E-state index in [1.54, 1.807) is 4.57 Å². The van der Waals surface area contributed by atoms with E-state index in [2.05, 4.69) is 11.9 Å². The van der Waals surface area contributed by atoms with Gasteiger partial charge < -0.3 is 14.3 Å². The Kier molecular flexibility index (Phi) is 5.05. The molecule has 0 aliphatic rings. The van der Waals surface area contributed by atoms with Crippen molar-refractivity contribution in [1.82, 2.24) is 9.55 Å². The summed E-state index contributed by atoms with van der Waals surface area (Å²) in [5.41, 5.74) is 0.369. The van der Waals surface area contributed by atoms with Crippen LogP contribution in [-0.4, -0.2) is 22.8 Å². The van der Waals surface area contributed by atoms with Crippen LogP contribution in [0.4, 0.5) is 13.2 Å². The monoisotopic (exact) mass is 318 g/mol. The van der Waals surface area contributed by atoms with Gasteiger partial charge in [-0.3, -0.25) is 0 Å². The van der Waals surface area contributed by atoms with E-state index in [-0.39, 0.29) is 0 Å². The number of imidazole rings is 1. The van der Waals surface area contributed by atoms with Crippen LogP contribution in [0.5, 0.6) is 0 Å². The lowest BCUT2D eigenvalue weighted by molar-refractivity contribution is -0.137. The predicted molar refractivity (Wildman–Crippen MR) is 77.9 cm³/mol. The zero-order chi connectivity index (χ0) is 15.5. The fraction of sp³-hybridized carbons (Fsp3) is 0.500. The molecule has 0 saturated heterocycles. The molecule has 1 aromatic heterocycles. The molecule has 0 amide bonds. The number of hydrogen-bond acceptors (Lipinski definition) is 2. The minimum atomic E-state index is -4.35. The Morgan fingerprint density at radius 2 is 2.05 bits per heavy atom. The number of alkyl halides is 3. The standard InChI is InChI=1S/C14H17F3N2OS/c1-2-3-7-20-8-6-19-12-5-4-10(14(15,16)17)9-11(12)18-13(19)21/h4-5,9H,2-3,6-8H2,1H3,(H,18,21). The summed E-state index contributed by atoms with van der Waals surface area (Å²) in [6.07, 6.45) is -2.30. The molecule has 0 fully saturated rings. The molecule has 0 aliphatic heterocycles. The van der Waals surface area contributed by atoms with Crippen molar-refractivity contribution in [3.05, 3.63) is 28.5 Å². The molecule has 1 aromatic carbocycles. The second kappa shape index (κ2) is 6.62. The number of benzene rings is 1. The molecular formula is C14H17F3N2OS. The van der Waals surface area contributed by atoms with E-state index in [0.717, 1.165) is 25.0 Å². The lowest BCUT2D eigenvalue weighted by atomic mass is 10.2. The van der Waals surface area contributed by atoms with Gasteiger partial charge in [0, 0.05) is 13.2 Å². The van der Waals surface area contributed by atoms with Crippen LogP contribution in [-0.2, 0) is 17.5 Å². The number of hydrogen-bond donors (Lipinski definition) is 1. The SMILES string of the molecule is CCCCOCCn1c(=S)[nH]c2cc(C(F)(F)F)ccc21. The summed E-state index contributed by atoms with van der Waals surface area (Å²) in [5.74, 6) is 0. The van der Waals surface area contributed by atoms with Crippen molar-refractivity contribution in [2.24, 2.45) is 0 Å². The van der Waals surface area contributed by atoms with Crippen LogP contribution < -0.4 is 0 Å². The maximum absolute atomic E-state index is 12.7. The van der Waals surface area contributed by atoms with Crippen LogP contribution in [0.25, 0.3) is 11.0 Å². The van der Waals surface area contributed by atoms with E-state index in [9.17, 15) is 13.2 Å². The van der Waals surface area contributed by atoms with Crippen LogP contribution >= 0.6 is 12.2 Å². The fourth-order valence-electron chi connectivity index (χ4n) is 2.07. The summed E-state index contributed by atoms with van der Waals surface area (Å²) >= 11 is 5.16. The van der Waals surface area contributed by atoms with Crippen molar-refractivity contribution in [2.75, 3.05) is 13.2 Å². The first-order chi connectivity index (χ1) is 9.93. The van der Waals surface area contributed by atoms with Crippen LogP contribution in [0, 0.1) is 4.77 Å². The minimum Gasteiger partial charge on any atom is -0.380 e. The molecule has 1 N–H and O–H groups in total. The predicted octanol–water partition coefficient (Wildman–Crippen LogP) is 4.53. The molecule has 21 heavy (non-hydrogen) atoms. The number of H-pyrrole nitrogens is 1. The van der Waals surface area contributed by atoms with Gasteiger partial charge in [-0.15, -0.1) is 0 Å². The van der Waals surface area contributed by atoms with E-state index in [4.69, 9.17) is 17.0 Å². The molecule has 0 unspecified atom stereocenters. The molecule has 0 aliphatic carbocycles. The zero-order valence-electron chi connectivity index (χ0n) is 11.7. The first-order valence-electron chi connectivity index (χ1n) is 6.81. The van der Waals surface area contributed by atoms with Crippen molar-refractivity contribution in [2.45, 2.75) is 32.5 Å². The molecule has 2 aromatic rings. The topological polar surface area (TPSA) is 29.9 Å². The summed E-state index contributed by atoms with van der Waals surface area (Å²) in [6.45, 7) is 3.78. The summed E-state index contributed by atoms with van der Waals surface area (Å²) < 4.78 is 45.7. The Morgan fingerprint density at radius 3 is 2.71 bits per heavy atom. The number of unbranched alkanes of at least 4 members (excludes halogenated alkanes) is 1. The number of rotatable bonds is 6. The van der Waals surface area contributed by atoms with Gasteiger partial charge in [-0.1, -0.05) is 13.3 Å². The van der Waals surface area contributed by atoms with E-state index < -0.39 is 11.7 Å². The second-order valence-corrected chi connectivity index (χ2v) is 5.16. The van der Waals surface area contributed by atoms with E-state index in [1.807, 2.05) is 0 Å². The normalized spacial score (nSPS) is 12.2. The maximum atomic E-state index is 12.7. The number of fused-ring (bicyclic) bond motifs is 1. The third kappa shape index (κ3) is 3.85. The van der Waals surface area contributed by atoms with Gasteiger partial charge in [-0.25, -0.2) is 0 Å². The smallest absolute Gasteiger partial charge is 0.380 e. The molecule has 0 bridgehead atoms. The van der Waals surface area contributed by atoms with Crippen molar-refractivity contribution in [3.8, 4) is 0 Å². The number of halogens is 3. The van der Waals surface area contributed by atoms with Gasteiger partial charge in [0.2, 0.25) is 0 Å². The molecule has 116 valence electrons. The van der Waals surface area contributed by atoms with Crippen LogP contribution in [0.15, 0.2) is 18.2 Å². The average Bonchev–Trinajstić information content (AvgIpc) is 2.73. The van der Waals surface area contributed by atoms with E-state index in [1.165, 1.54) is 6.07 Å². The molecule has 0 saturated carbocycles. The Balaban J connectivity index is 2.17. The van der Waals surface area contributed by atoms with Crippen LogP contribution in [0.2, 0.25) is 0 Å². The zero-order valence-corrected chi connectivity index (χ0v) is 12.5. The summed E-state index contributed by atoms with van der Waals surface area (Å²) in [6, 6.07) is 3.59. The Labute approximate surface area is 125 Å². The highest BCUT2D eigenvalue weighted by atomic mass is 32.1. The molecule has 7 heteroatoms. The Bertz CT molecular complexity index is 660. The van der Waals surface area contributed by atoms with E-state index >= 15 is 0 Å². The number of nitrogens with one attached hydrogen (secondary N) is 1. The fourth-order valence-corrected chi connectivity index (χ4v) is 2.37. The van der Waals surface area contributed by atoms with Crippen molar-refractivity contribution < 1.29 is 17.9 Å². The molecule has 2 rings (SSSR count). The van der Waals surface area contributed by atoms with Gasteiger partial charge in [0.1, 0.15) is 0 Å². The molecule has 0 spiro atoms. The highest BCUT2D eigenvalue weighted by Crippen LogP contribution is 2.31. The van der Waals surface area contributed by atoms with Gasteiger partial charge >= 0.3 is 6.18 Å². The van der Waals surface area contributed by atoms with Gasteiger partial charge in [-0.05, 0) is 36.8 Å². The number of ether oxygens (including phenoxy) is 1. The maximum Gasteiger partial charge on any atom is 0.416 e. The molecule has 1 heterocycles. The molecule has 3 nitrogen and oxygen atoms in total. The van der Waals surface area contributed by atoms with Gasteiger partial charge in [0.15, 0.2) is 4.77 Å². The van der Waals surface area contributed by atoms with Crippen molar-refractivity contribution >= 4 is 23.3 Å². The van der Waals surface area contributed by atoms with Crippen LogP contribution in [0.3, 0.4) is 0 Å². The number of aromatic amines is 1. The first-order valence-corrected chi connectivity index (χ1v) is 7.22. The lowest BCUT2D eigenvalue weighted by Crippen LogP contribution is -2.07. The average molecular weight is 318 g/mol. The minimum absolute atomic E-state index is 0.392. The first kappa shape index (κ1) is 16.0. The lowest BCUT2D eigenvalue weighted by Gasteiger charge is -2.08. The number of aromatic nitrogens is 2. The highest BCUT2D eigenvalue weighted by Gasteiger charge is 2.30. The van der Waals surface area contributed by atoms with E-state index in [0.29, 0.717) is 35.6 Å². The molecular weight excluding hydrogens is 301 g/mol. The van der Waals surface area contributed by atoms with Gasteiger partial charge in [-0.2, -0.15) is 13.2 Å². The summed E-state index contributed by atoms with van der Waals surface area (Å²) in [7, 11) is 0. The molecule has 0 radical (unpaired) electrons. The van der Waals surface area contributed by atoms with Gasteiger partial charge in [0.05, 0.1) is 23.2 Å². The highest BCUT2D eigenvalue weighted by molar-refractivity contribution is 7.71. The van der Waals surface area contributed by atoms with Gasteiger partial charge in [0.25, 0.3) is 0 Å². The van der Waals surface area contributed by atoms with Crippen molar-refractivity contribution in [1.29, 1.82) is 0 Å². The van der Waals surface area contributed by atoms with Crippen LogP contribution in [0.1, 0.15) is 25.3 Å². The summed E-state index contributed by atoms with van der Waals surface area (Å²) in [4.78, 5) is 2.81.